The molecular formula is C27H29ClN4O2S. The monoisotopic (exact) mass is 508 g/mol. The minimum absolute atomic E-state index is 0.0867. The highest BCUT2D eigenvalue weighted by atomic mass is 35.5. The van der Waals surface area contributed by atoms with E-state index in [-0.39, 0.29) is 11.2 Å². The minimum atomic E-state index is -0.439. The van der Waals surface area contributed by atoms with Crippen molar-refractivity contribution < 1.29 is 9.53 Å². The van der Waals surface area contributed by atoms with Crippen LogP contribution in [0.5, 0.6) is 0 Å². The first-order valence-electron chi connectivity index (χ1n) is 11.9. The first-order chi connectivity index (χ1) is 16.8. The van der Waals surface area contributed by atoms with Crippen LogP contribution in [-0.4, -0.2) is 37.0 Å². The van der Waals surface area contributed by atoms with Crippen LogP contribution in [0, 0.1) is 16.7 Å². The number of rotatable bonds is 4. The third-order valence-corrected chi connectivity index (χ3v) is 8.23. The molecule has 0 spiro atoms. The molecule has 35 heavy (non-hydrogen) atoms. The van der Waals surface area contributed by atoms with E-state index in [4.69, 9.17) is 22.1 Å². The number of hydrogen-bond donors (Lipinski definition) is 1. The number of anilines is 1. The summed E-state index contributed by atoms with van der Waals surface area (Å²) in [5.74, 6) is 0.0291. The van der Waals surface area contributed by atoms with E-state index in [1.807, 2.05) is 17.0 Å². The van der Waals surface area contributed by atoms with Gasteiger partial charge in [0, 0.05) is 52.9 Å². The van der Waals surface area contributed by atoms with Crippen molar-refractivity contribution in [1.29, 1.82) is 5.26 Å². The van der Waals surface area contributed by atoms with Crippen molar-refractivity contribution >= 4 is 34.4 Å². The Morgan fingerprint density at radius 2 is 1.94 bits per heavy atom. The molecule has 0 saturated carbocycles. The number of carbonyl (C=O) groups excluding carboxylic acids is 1. The van der Waals surface area contributed by atoms with Gasteiger partial charge in [-0.25, -0.2) is 0 Å². The van der Waals surface area contributed by atoms with Gasteiger partial charge in [0.2, 0.25) is 0 Å². The maximum absolute atomic E-state index is 13.7. The second kappa shape index (κ2) is 9.44. The van der Waals surface area contributed by atoms with Gasteiger partial charge in [0.15, 0.2) is 5.78 Å². The zero-order chi connectivity index (χ0) is 24.7. The van der Waals surface area contributed by atoms with Crippen molar-refractivity contribution in [3.8, 4) is 6.07 Å². The average molecular weight is 509 g/mol. The Morgan fingerprint density at radius 3 is 2.63 bits per heavy atom. The van der Waals surface area contributed by atoms with E-state index in [9.17, 15) is 10.1 Å². The lowest BCUT2D eigenvalue weighted by Crippen LogP contribution is -2.42. The summed E-state index contributed by atoms with van der Waals surface area (Å²) < 4.78 is 5.47. The van der Waals surface area contributed by atoms with Crippen molar-refractivity contribution in [3.05, 3.63) is 73.8 Å². The molecule has 3 heterocycles. The standard InChI is InChI=1S/C27H29ClN4O2S/c1-27(2)12-21-25(22(33)13-27)24(23-11-17(16-35-23)15-31-7-9-34-10-8-31)20(14-29)26(30)32(21)19-5-3-18(28)4-6-19/h3-6,11,16,24H,7-10,12-13,15,30H2,1-2H3/t24-/m1/s1. The smallest absolute Gasteiger partial charge is 0.162 e. The predicted octanol–water partition coefficient (Wildman–Crippen LogP) is 5.17. The van der Waals surface area contributed by atoms with Gasteiger partial charge in [-0.3, -0.25) is 14.6 Å². The highest BCUT2D eigenvalue weighted by Crippen LogP contribution is 2.51. The number of morpholine rings is 1. The Morgan fingerprint density at radius 1 is 1.23 bits per heavy atom. The zero-order valence-corrected chi connectivity index (χ0v) is 21.6. The van der Waals surface area contributed by atoms with E-state index in [0.29, 0.717) is 34.8 Å². The number of nitrogens with zero attached hydrogens (tertiary/aromatic N) is 3. The molecule has 182 valence electrons. The molecule has 1 aliphatic carbocycles. The van der Waals surface area contributed by atoms with Crippen LogP contribution in [-0.2, 0) is 16.1 Å². The molecule has 1 fully saturated rings. The number of benzene rings is 1. The second-order valence-electron chi connectivity index (χ2n) is 10.2. The lowest BCUT2D eigenvalue weighted by atomic mass is 9.69. The normalized spacial score (nSPS) is 22.9. The molecule has 0 amide bonds. The van der Waals surface area contributed by atoms with Gasteiger partial charge in [0.25, 0.3) is 0 Å². The molecule has 0 bridgehead atoms. The third kappa shape index (κ3) is 4.64. The first kappa shape index (κ1) is 24.1. The van der Waals surface area contributed by atoms with E-state index in [1.54, 1.807) is 23.5 Å². The highest BCUT2D eigenvalue weighted by molar-refractivity contribution is 7.10. The molecule has 2 aliphatic heterocycles. The molecule has 1 aromatic carbocycles. The number of Topliss-reactive ketones (excluding diaryl/α,β-unsaturated/α-hetero) is 1. The Hall–Kier alpha value is -2.63. The van der Waals surface area contributed by atoms with Crippen LogP contribution in [0.2, 0.25) is 5.02 Å². The van der Waals surface area contributed by atoms with Crippen molar-refractivity contribution in [2.75, 3.05) is 31.2 Å². The molecule has 1 atom stereocenters. The quantitative estimate of drug-likeness (QED) is 0.613. The largest absolute Gasteiger partial charge is 0.384 e. The molecule has 2 N–H and O–H groups in total. The van der Waals surface area contributed by atoms with Crippen LogP contribution < -0.4 is 10.6 Å². The van der Waals surface area contributed by atoms with Crippen molar-refractivity contribution in [3.63, 3.8) is 0 Å². The predicted molar refractivity (Wildman–Crippen MR) is 139 cm³/mol. The van der Waals surface area contributed by atoms with Gasteiger partial charge in [-0.05, 0) is 53.1 Å². The van der Waals surface area contributed by atoms with Crippen molar-refractivity contribution in [2.45, 2.75) is 39.2 Å². The first-order valence-corrected chi connectivity index (χ1v) is 13.1. The summed E-state index contributed by atoms with van der Waals surface area (Å²) in [7, 11) is 0. The average Bonchev–Trinajstić information content (AvgIpc) is 3.27. The van der Waals surface area contributed by atoms with Crippen LogP contribution in [0.1, 0.15) is 43.0 Å². The van der Waals surface area contributed by atoms with E-state index >= 15 is 0 Å². The summed E-state index contributed by atoms with van der Waals surface area (Å²) in [4.78, 5) is 18.9. The van der Waals surface area contributed by atoms with Crippen LogP contribution in [0.3, 0.4) is 0 Å². The molecule has 0 unspecified atom stereocenters. The molecule has 5 rings (SSSR count). The maximum Gasteiger partial charge on any atom is 0.162 e. The number of nitrogens with two attached hydrogens (primary N) is 1. The summed E-state index contributed by atoms with van der Waals surface area (Å²) in [5.41, 5.74) is 10.5. The minimum Gasteiger partial charge on any atom is -0.384 e. The van der Waals surface area contributed by atoms with E-state index in [1.165, 1.54) is 5.56 Å². The lowest BCUT2D eigenvalue weighted by Gasteiger charge is -2.43. The number of carbonyl (C=O) groups is 1. The third-order valence-electron chi connectivity index (χ3n) is 6.93. The van der Waals surface area contributed by atoms with E-state index < -0.39 is 5.92 Å². The Balaban J connectivity index is 1.60. The number of thiophene rings is 1. The van der Waals surface area contributed by atoms with Crippen LogP contribution in [0.4, 0.5) is 5.69 Å². The number of allylic oxidation sites excluding steroid dienone is 3. The summed E-state index contributed by atoms with van der Waals surface area (Å²) >= 11 is 7.74. The molecular weight excluding hydrogens is 480 g/mol. The maximum atomic E-state index is 13.7. The van der Waals surface area contributed by atoms with Gasteiger partial charge >= 0.3 is 0 Å². The summed E-state index contributed by atoms with van der Waals surface area (Å²) in [5, 5.41) is 13.0. The number of ketones is 1. The van der Waals surface area contributed by atoms with Crippen molar-refractivity contribution in [2.24, 2.45) is 11.1 Å². The molecule has 3 aliphatic rings. The fraction of sp³-hybridized carbons (Fsp3) is 0.407. The fourth-order valence-corrected chi connectivity index (χ4v) is 6.47. The van der Waals surface area contributed by atoms with Gasteiger partial charge in [-0.1, -0.05) is 25.4 Å². The van der Waals surface area contributed by atoms with E-state index in [0.717, 1.165) is 49.1 Å². The Labute approximate surface area is 215 Å². The van der Waals surface area contributed by atoms with Crippen LogP contribution in [0.25, 0.3) is 0 Å². The number of ether oxygens (including phenoxy) is 1. The summed E-state index contributed by atoms with van der Waals surface area (Å²) in [6.45, 7) is 8.35. The molecule has 1 aromatic heterocycles. The highest BCUT2D eigenvalue weighted by Gasteiger charge is 2.45. The SMILES string of the molecule is CC1(C)CC(=O)C2=C(C1)N(c1ccc(Cl)cc1)C(N)=C(C#N)[C@@H]2c1cc(CN2CCOCC2)cs1. The molecule has 6 nitrogen and oxygen atoms in total. The van der Waals surface area contributed by atoms with Gasteiger partial charge in [0.1, 0.15) is 5.82 Å². The summed E-state index contributed by atoms with van der Waals surface area (Å²) in [6, 6.07) is 11.9. The summed E-state index contributed by atoms with van der Waals surface area (Å²) in [6.07, 6.45) is 1.14. The fourth-order valence-electron chi connectivity index (χ4n) is 5.32. The molecule has 0 radical (unpaired) electrons. The molecule has 8 heteroatoms. The van der Waals surface area contributed by atoms with Gasteiger partial charge in [-0.15, -0.1) is 11.3 Å². The molecule has 1 saturated heterocycles. The van der Waals surface area contributed by atoms with Gasteiger partial charge in [-0.2, -0.15) is 5.26 Å². The lowest BCUT2D eigenvalue weighted by molar-refractivity contribution is -0.118. The van der Waals surface area contributed by atoms with Crippen molar-refractivity contribution in [1.82, 2.24) is 4.90 Å². The van der Waals surface area contributed by atoms with Crippen LogP contribution in [0.15, 0.2) is 58.4 Å². The Bertz CT molecular complexity index is 1250. The van der Waals surface area contributed by atoms with Gasteiger partial charge < -0.3 is 10.5 Å². The number of nitriles is 1. The number of halogens is 1. The topological polar surface area (TPSA) is 82.6 Å². The Kier molecular flexibility index (Phi) is 6.49. The molecule has 2 aromatic rings. The van der Waals surface area contributed by atoms with Crippen LogP contribution >= 0.6 is 22.9 Å². The van der Waals surface area contributed by atoms with Gasteiger partial charge in [0.05, 0.1) is 30.8 Å². The van der Waals surface area contributed by atoms with E-state index in [2.05, 4.69) is 36.3 Å². The second-order valence-corrected chi connectivity index (χ2v) is 11.6. The number of hydrogen-bond acceptors (Lipinski definition) is 7. The zero-order valence-electron chi connectivity index (χ0n) is 20.0.